The molecule has 0 atom stereocenters. The summed E-state index contributed by atoms with van der Waals surface area (Å²) < 4.78 is 15.4. The van der Waals surface area contributed by atoms with Crippen LogP contribution in [0.25, 0.3) is 0 Å². The van der Waals surface area contributed by atoms with E-state index in [-0.39, 0.29) is 5.82 Å². The second-order valence-corrected chi connectivity index (χ2v) is 4.27. The Morgan fingerprint density at radius 2 is 1.94 bits per heavy atom. The molecule has 0 saturated heterocycles. The van der Waals surface area contributed by atoms with Gasteiger partial charge in [-0.25, -0.2) is 4.39 Å². The number of aryl methyl sites for hydroxylation is 1. The second-order valence-electron chi connectivity index (χ2n) is 4.27. The van der Waals surface area contributed by atoms with Gasteiger partial charge in [-0.1, -0.05) is 18.2 Å². The maximum absolute atomic E-state index is 13.4. The largest absolute Gasteiger partial charge is 0.308 e. The molecule has 0 fully saturated rings. The lowest BCUT2D eigenvalue weighted by atomic mass is 10.2. The van der Waals surface area contributed by atoms with E-state index in [9.17, 15) is 4.39 Å². The molecule has 1 aromatic carbocycles. The summed E-state index contributed by atoms with van der Waals surface area (Å²) in [5.74, 6) is -0.161. The van der Waals surface area contributed by atoms with Crippen LogP contribution in [0.5, 0.6) is 0 Å². The smallest absolute Gasteiger partial charge is 0.127 e. The summed E-state index contributed by atoms with van der Waals surface area (Å²) in [6, 6.07) is 6.83. The molecule has 4 heteroatoms. The molecule has 1 aromatic heterocycles. The van der Waals surface area contributed by atoms with Crippen molar-refractivity contribution in [3.05, 3.63) is 53.1 Å². The van der Waals surface area contributed by atoms with E-state index in [2.05, 4.69) is 24.3 Å². The van der Waals surface area contributed by atoms with Crippen molar-refractivity contribution < 1.29 is 4.39 Å². The Labute approximate surface area is 107 Å². The highest BCUT2D eigenvalue weighted by Crippen LogP contribution is 2.09. The molecule has 0 amide bonds. The van der Waals surface area contributed by atoms with Crippen molar-refractivity contribution in [2.24, 2.45) is 0 Å². The van der Waals surface area contributed by atoms with Crippen molar-refractivity contribution in [3.8, 4) is 0 Å². The maximum Gasteiger partial charge on any atom is 0.127 e. The molecular weight excluding hydrogens is 229 g/mol. The third-order valence-electron chi connectivity index (χ3n) is 3.09. The molecule has 0 saturated carbocycles. The summed E-state index contributed by atoms with van der Waals surface area (Å²) in [5.41, 5.74) is 3.02. The van der Waals surface area contributed by atoms with E-state index in [1.807, 2.05) is 16.9 Å². The highest BCUT2D eigenvalue weighted by molar-refractivity contribution is 5.18. The molecule has 2 rings (SSSR count). The van der Waals surface area contributed by atoms with Gasteiger partial charge in [-0.2, -0.15) is 5.10 Å². The fraction of sp³-hybridized carbons (Fsp3) is 0.357. The summed E-state index contributed by atoms with van der Waals surface area (Å²) >= 11 is 0. The predicted molar refractivity (Wildman–Crippen MR) is 69.6 cm³/mol. The number of halogens is 1. The van der Waals surface area contributed by atoms with Crippen LogP contribution in [0.3, 0.4) is 0 Å². The highest BCUT2D eigenvalue weighted by atomic mass is 19.1. The number of hydrogen-bond acceptors (Lipinski definition) is 2. The lowest BCUT2D eigenvalue weighted by Gasteiger charge is -2.06. The first-order valence-corrected chi connectivity index (χ1v) is 6.17. The summed E-state index contributed by atoms with van der Waals surface area (Å²) in [4.78, 5) is 0. The van der Waals surface area contributed by atoms with Gasteiger partial charge in [0, 0.05) is 36.5 Å². The first kappa shape index (κ1) is 12.8. The number of rotatable bonds is 5. The van der Waals surface area contributed by atoms with E-state index in [4.69, 9.17) is 0 Å². The van der Waals surface area contributed by atoms with Crippen LogP contribution in [0.1, 0.15) is 23.7 Å². The molecule has 0 radical (unpaired) electrons. The molecule has 18 heavy (non-hydrogen) atoms. The van der Waals surface area contributed by atoms with Gasteiger partial charge in [0.05, 0.1) is 6.20 Å². The molecule has 96 valence electrons. The highest BCUT2D eigenvalue weighted by Gasteiger charge is 2.05. The zero-order valence-electron chi connectivity index (χ0n) is 10.8. The van der Waals surface area contributed by atoms with Crippen LogP contribution in [0.4, 0.5) is 4.39 Å². The van der Waals surface area contributed by atoms with Crippen LogP contribution in [0, 0.1) is 12.7 Å². The van der Waals surface area contributed by atoms with E-state index in [0.717, 1.165) is 12.1 Å². The van der Waals surface area contributed by atoms with E-state index >= 15 is 0 Å². The normalized spacial score (nSPS) is 10.8. The zero-order chi connectivity index (χ0) is 13.0. The van der Waals surface area contributed by atoms with E-state index in [1.165, 1.54) is 11.8 Å². The summed E-state index contributed by atoms with van der Waals surface area (Å²) in [6.07, 6.45) is 1.87. The van der Waals surface area contributed by atoms with Gasteiger partial charge in [0.1, 0.15) is 5.82 Å². The monoisotopic (exact) mass is 247 g/mol. The van der Waals surface area contributed by atoms with E-state index in [1.54, 1.807) is 12.1 Å². The fourth-order valence-electron chi connectivity index (χ4n) is 1.95. The quantitative estimate of drug-likeness (QED) is 0.880. The SMILES string of the molecule is CCn1ncc(CNCc2ccccc2F)c1C. The number of nitrogens with zero attached hydrogens (tertiary/aromatic N) is 2. The molecule has 0 aliphatic heterocycles. The standard InChI is InChI=1S/C14H18FN3/c1-3-18-11(2)13(10-17-18)9-16-8-12-6-4-5-7-14(12)15/h4-7,10,16H,3,8-9H2,1-2H3. The zero-order valence-corrected chi connectivity index (χ0v) is 10.8. The van der Waals surface area contributed by atoms with Gasteiger partial charge >= 0.3 is 0 Å². The number of nitrogens with one attached hydrogen (secondary N) is 1. The van der Waals surface area contributed by atoms with Crippen molar-refractivity contribution >= 4 is 0 Å². The third-order valence-corrected chi connectivity index (χ3v) is 3.09. The van der Waals surface area contributed by atoms with Crippen LogP contribution in [-0.2, 0) is 19.6 Å². The molecule has 1 N–H and O–H groups in total. The summed E-state index contributed by atoms with van der Waals surface area (Å²) in [6.45, 7) is 6.23. The third kappa shape index (κ3) is 2.76. The van der Waals surface area contributed by atoms with Crippen LogP contribution in [0.2, 0.25) is 0 Å². The van der Waals surface area contributed by atoms with Crippen molar-refractivity contribution in [1.82, 2.24) is 15.1 Å². The van der Waals surface area contributed by atoms with Crippen LogP contribution in [-0.4, -0.2) is 9.78 Å². The molecule has 0 aliphatic carbocycles. The molecule has 1 heterocycles. The first-order chi connectivity index (χ1) is 8.72. The average Bonchev–Trinajstić information content (AvgIpc) is 2.73. The first-order valence-electron chi connectivity index (χ1n) is 6.17. The van der Waals surface area contributed by atoms with Gasteiger partial charge in [-0.05, 0) is 19.9 Å². The van der Waals surface area contributed by atoms with Gasteiger partial charge in [-0.3, -0.25) is 4.68 Å². The summed E-state index contributed by atoms with van der Waals surface area (Å²) in [5, 5.41) is 7.52. The number of hydrogen-bond donors (Lipinski definition) is 1. The van der Waals surface area contributed by atoms with Gasteiger partial charge in [0.25, 0.3) is 0 Å². The Morgan fingerprint density at radius 3 is 2.61 bits per heavy atom. The molecule has 0 spiro atoms. The Morgan fingerprint density at radius 1 is 1.22 bits per heavy atom. The Hall–Kier alpha value is -1.68. The molecule has 2 aromatic rings. The van der Waals surface area contributed by atoms with E-state index in [0.29, 0.717) is 18.7 Å². The minimum absolute atomic E-state index is 0.161. The van der Waals surface area contributed by atoms with Crippen molar-refractivity contribution in [2.45, 2.75) is 33.5 Å². The second kappa shape index (κ2) is 5.78. The number of aromatic nitrogens is 2. The van der Waals surface area contributed by atoms with Gasteiger partial charge in [0.2, 0.25) is 0 Å². The minimum atomic E-state index is -0.161. The van der Waals surface area contributed by atoms with Gasteiger partial charge < -0.3 is 5.32 Å². The van der Waals surface area contributed by atoms with Crippen molar-refractivity contribution in [2.75, 3.05) is 0 Å². The Kier molecular flexibility index (Phi) is 4.10. The maximum atomic E-state index is 13.4. The molecular formula is C14H18FN3. The fourth-order valence-corrected chi connectivity index (χ4v) is 1.95. The average molecular weight is 247 g/mol. The molecule has 0 unspecified atom stereocenters. The van der Waals surface area contributed by atoms with Gasteiger partial charge in [0.15, 0.2) is 0 Å². The van der Waals surface area contributed by atoms with Crippen LogP contribution < -0.4 is 5.32 Å². The summed E-state index contributed by atoms with van der Waals surface area (Å²) in [7, 11) is 0. The lowest BCUT2D eigenvalue weighted by molar-refractivity contribution is 0.586. The topological polar surface area (TPSA) is 29.9 Å². The lowest BCUT2D eigenvalue weighted by Crippen LogP contribution is -2.14. The Balaban J connectivity index is 1.92. The molecule has 0 aliphatic rings. The van der Waals surface area contributed by atoms with Crippen LogP contribution in [0.15, 0.2) is 30.5 Å². The minimum Gasteiger partial charge on any atom is -0.308 e. The van der Waals surface area contributed by atoms with Crippen LogP contribution >= 0.6 is 0 Å². The Bertz CT molecular complexity index is 520. The van der Waals surface area contributed by atoms with Crippen molar-refractivity contribution in [3.63, 3.8) is 0 Å². The molecule has 0 bridgehead atoms. The van der Waals surface area contributed by atoms with E-state index < -0.39 is 0 Å². The molecule has 3 nitrogen and oxygen atoms in total. The van der Waals surface area contributed by atoms with Gasteiger partial charge in [-0.15, -0.1) is 0 Å². The van der Waals surface area contributed by atoms with Crippen molar-refractivity contribution in [1.29, 1.82) is 0 Å². The number of benzene rings is 1. The predicted octanol–water partition coefficient (Wildman–Crippen LogP) is 2.64.